The van der Waals surface area contributed by atoms with Crippen LogP contribution in [-0.4, -0.2) is 55.5 Å². The summed E-state index contributed by atoms with van der Waals surface area (Å²) >= 11 is 0. The number of hydrogen-bond acceptors (Lipinski definition) is 3. The van der Waals surface area contributed by atoms with Crippen LogP contribution in [0.25, 0.3) is 0 Å². The third kappa shape index (κ3) is 4.64. The topological polar surface area (TPSA) is 49.6 Å². The van der Waals surface area contributed by atoms with Gasteiger partial charge in [0, 0.05) is 20.1 Å². The van der Waals surface area contributed by atoms with E-state index in [2.05, 4.69) is 18.9 Å². The van der Waals surface area contributed by atoms with Crippen molar-refractivity contribution in [3.05, 3.63) is 0 Å². The van der Waals surface area contributed by atoms with Gasteiger partial charge in [-0.2, -0.15) is 0 Å². The Labute approximate surface area is 105 Å². The molecule has 4 heteroatoms. The average Bonchev–Trinajstić information content (AvgIpc) is 2.28. The van der Waals surface area contributed by atoms with Crippen LogP contribution in [-0.2, 0) is 4.79 Å². The highest BCUT2D eigenvalue weighted by Gasteiger charge is 2.23. The fraction of sp³-hybridized carbons (Fsp3) is 0.923. The molecule has 1 saturated heterocycles. The molecular formula is C13H27N3O. The summed E-state index contributed by atoms with van der Waals surface area (Å²) in [4.78, 5) is 16.1. The van der Waals surface area contributed by atoms with Gasteiger partial charge < -0.3 is 15.5 Å². The fourth-order valence-electron chi connectivity index (χ4n) is 2.62. The second kappa shape index (κ2) is 6.97. The highest BCUT2D eigenvalue weighted by atomic mass is 16.2. The van der Waals surface area contributed by atoms with Crippen LogP contribution in [0.5, 0.6) is 0 Å². The van der Waals surface area contributed by atoms with Crippen LogP contribution in [0.4, 0.5) is 0 Å². The Bertz CT molecular complexity index is 245. The van der Waals surface area contributed by atoms with Crippen molar-refractivity contribution in [1.29, 1.82) is 0 Å². The number of rotatable bonds is 5. The molecule has 0 spiro atoms. The largest absolute Gasteiger partial charge is 0.344 e. The van der Waals surface area contributed by atoms with Crippen molar-refractivity contribution in [3.63, 3.8) is 0 Å². The van der Waals surface area contributed by atoms with Crippen LogP contribution >= 0.6 is 0 Å². The number of carbonyl (C=O) groups excluding carboxylic acids is 1. The summed E-state index contributed by atoms with van der Waals surface area (Å²) in [5.74, 6) is 0.705. The van der Waals surface area contributed by atoms with E-state index in [1.807, 2.05) is 11.9 Å². The van der Waals surface area contributed by atoms with E-state index < -0.39 is 0 Å². The van der Waals surface area contributed by atoms with Crippen molar-refractivity contribution < 1.29 is 4.79 Å². The molecule has 1 heterocycles. The Kier molecular flexibility index (Phi) is 5.92. The summed E-state index contributed by atoms with van der Waals surface area (Å²) in [6.07, 6.45) is 4.22. The maximum absolute atomic E-state index is 12.0. The number of nitrogens with two attached hydrogens (primary N) is 1. The number of carbonyl (C=O) groups is 1. The van der Waals surface area contributed by atoms with Gasteiger partial charge in [0.1, 0.15) is 0 Å². The van der Waals surface area contributed by atoms with Crippen molar-refractivity contribution in [2.24, 2.45) is 11.7 Å². The van der Waals surface area contributed by atoms with Gasteiger partial charge in [-0.15, -0.1) is 0 Å². The van der Waals surface area contributed by atoms with Gasteiger partial charge in [-0.25, -0.2) is 0 Å². The number of nitrogens with zero attached hydrogens (tertiary/aromatic N) is 2. The predicted molar refractivity (Wildman–Crippen MR) is 70.7 cm³/mol. The molecule has 0 radical (unpaired) electrons. The lowest BCUT2D eigenvalue weighted by Gasteiger charge is -2.33. The van der Waals surface area contributed by atoms with Crippen LogP contribution in [0.15, 0.2) is 0 Å². The molecule has 1 amide bonds. The third-order valence-corrected chi connectivity index (χ3v) is 3.55. The van der Waals surface area contributed by atoms with Crippen molar-refractivity contribution in [2.75, 3.05) is 33.7 Å². The molecule has 100 valence electrons. The molecule has 4 nitrogen and oxygen atoms in total. The van der Waals surface area contributed by atoms with Gasteiger partial charge in [0.25, 0.3) is 0 Å². The molecule has 17 heavy (non-hydrogen) atoms. The first kappa shape index (κ1) is 14.5. The number of amides is 1. The summed E-state index contributed by atoms with van der Waals surface area (Å²) in [6, 6.07) is -0.314. The normalized spacial score (nSPS) is 23.4. The minimum atomic E-state index is -0.314. The van der Waals surface area contributed by atoms with Crippen LogP contribution < -0.4 is 5.73 Å². The molecule has 1 fully saturated rings. The average molecular weight is 241 g/mol. The Morgan fingerprint density at radius 2 is 2.29 bits per heavy atom. The molecule has 1 aliphatic heterocycles. The first-order chi connectivity index (χ1) is 8.04. The maximum atomic E-state index is 12.0. The molecule has 2 N–H and O–H groups in total. The number of hydrogen-bond donors (Lipinski definition) is 1. The van der Waals surface area contributed by atoms with E-state index in [4.69, 9.17) is 5.73 Å². The van der Waals surface area contributed by atoms with Gasteiger partial charge >= 0.3 is 0 Å². The molecular weight excluding hydrogens is 214 g/mol. The lowest BCUT2D eigenvalue weighted by molar-refractivity contribution is -0.132. The molecule has 0 aromatic heterocycles. The van der Waals surface area contributed by atoms with Crippen molar-refractivity contribution in [2.45, 2.75) is 38.6 Å². The van der Waals surface area contributed by atoms with Crippen molar-refractivity contribution in [1.82, 2.24) is 9.80 Å². The molecule has 1 rings (SSSR count). The summed E-state index contributed by atoms with van der Waals surface area (Å²) < 4.78 is 0. The zero-order valence-corrected chi connectivity index (χ0v) is 11.5. The van der Waals surface area contributed by atoms with E-state index in [9.17, 15) is 4.79 Å². The number of likely N-dealkylation sites (tertiary alicyclic amines) is 1. The van der Waals surface area contributed by atoms with Gasteiger partial charge in [0.05, 0.1) is 6.04 Å². The summed E-state index contributed by atoms with van der Waals surface area (Å²) in [6.45, 7) is 5.19. The Morgan fingerprint density at radius 3 is 2.88 bits per heavy atom. The minimum Gasteiger partial charge on any atom is -0.344 e. The van der Waals surface area contributed by atoms with Gasteiger partial charge in [0.2, 0.25) is 5.91 Å². The second-order valence-corrected chi connectivity index (χ2v) is 5.38. The second-order valence-electron chi connectivity index (χ2n) is 5.38. The van der Waals surface area contributed by atoms with E-state index in [0.29, 0.717) is 5.92 Å². The van der Waals surface area contributed by atoms with Crippen LogP contribution in [0.1, 0.15) is 32.6 Å². The smallest absolute Gasteiger partial charge is 0.239 e. The Balaban J connectivity index is 2.37. The summed E-state index contributed by atoms with van der Waals surface area (Å²) in [5.41, 5.74) is 5.86. The van der Waals surface area contributed by atoms with E-state index >= 15 is 0 Å². The van der Waals surface area contributed by atoms with Crippen LogP contribution in [0.2, 0.25) is 0 Å². The minimum absolute atomic E-state index is 0.0973. The highest BCUT2D eigenvalue weighted by molar-refractivity contribution is 5.81. The van der Waals surface area contributed by atoms with E-state index in [-0.39, 0.29) is 11.9 Å². The first-order valence-electron chi connectivity index (χ1n) is 6.73. The number of likely N-dealkylation sites (N-methyl/N-ethyl adjacent to an activating group) is 1. The van der Waals surface area contributed by atoms with E-state index in [0.717, 1.165) is 25.9 Å². The molecule has 0 saturated carbocycles. The van der Waals surface area contributed by atoms with Crippen LogP contribution in [0.3, 0.4) is 0 Å². The van der Waals surface area contributed by atoms with E-state index in [1.165, 1.54) is 19.4 Å². The maximum Gasteiger partial charge on any atom is 0.239 e. The SMILES string of the molecule is CCCC(N)C(=O)N(C)CC1CCCN(C)C1. The molecule has 2 unspecified atom stereocenters. The molecule has 0 aromatic carbocycles. The van der Waals surface area contributed by atoms with Gasteiger partial charge in [-0.1, -0.05) is 13.3 Å². The van der Waals surface area contributed by atoms with Gasteiger partial charge in [-0.3, -0.25) is 4.79 Å². The van der Waals surface area contributed by atoms with E-state index in [1.54, 1.807) is 0 Å². The molecule has 0 aromatic rings. The standard InChI is InChI=1S/C13H27N3O/c1-4-6-12(14)13(17)16(3)10-11-7-5-8-15(2)9-11/h11-12H,4-10,14H2,1-3H3. The lowest BCUT2D eigenvalue weighted by Crippen LogP contribution is -2.45. The van der Waals surface area contributed by atoms with Crippen molar-refractivity contribution >= 4 is 5.91 Å². The van der Waals surface area contributed by atoms with Gasteiger partial charge in [-0.05, 0) is 38.8 Å². The summed E-state index contributed by atoms with van der Waals surface area (Å²) in [7, 11) is 4.03. The zero-order chi connectivity index (χ0) is 12.8. The lowest BCUT2D eigenvalue weighted by atomic mass is 9.97. The predicted octanol–water partition coefficient (Wildman–Crippen LogP) is 0.914. The third-order valence-electron chi connectivity index (χ3n) is 3.55. The zero-order valence-electron chi connectivity index (χ0n) is 11.5. The first-order valence-corrected chi connectivity index (χ1v) is 6.73. The Morgan fingerprint density at radius 1 is 1.59 bits per heavy atom. The van der Waals surface area contributed by atoms with Gasteiger partial charge in [0.15, 0.2) is 0 Å². The quantitative estimate of drug-likeness (QED) is 0.778. The monoisotopic (exact) mass is 241 g/mol. The number of piperidine rings is 1. The highest BCUT2D eigenvalue weighted by Crippen LogP contribution is 2.16. The molecule has 0 aliphatic carbocycles. The van der Waals surface area contributed by atoms with Crippen LogP contribution in [0, 0.1) is 5.92 Å². The molecule has 0 bridgehead atoms. The Hall–Kier alpha value is -0.610. The molecule has 2 atom stereocenters. The molecule has 1 aliphatic rings. The fourth-order valence-corrected chi connectivity index (χ4v) is 2.62. The summed E-state index contributed by atoms with van der Waals surface area (Å²) in [5, 5.41) is 0. The van der Waals surface area contributed by atoms with Crippen molar-refractivity contribution in [3.8, 4) is 0 Å².